The molecule has 0 aliphatic carbocycles. The molecule has 2 aromatic carbocycles. The molecule has 0 unspecified atom stereocenters. The Balaban J connectivity index is 2.51. The number of hydrogen-bond acceptors (Lipinski definition) is 4. The van der Waals surface area contributed by atoms with E-state index in [9.17, 15) is 16.8 Å². The van der Waals surface area contributed by atoms with Crippen molar-refractivity contribution in [2.45, 2.75) is 9.79 Å². The topological polar surface area (TPSA) is 68.3 Å². The van der Waals surface area contributed by atoms with Crippen molar-refractivity contribution in [2.24, 2.45) is 0 Å². The number of hydrogen-bond donors (Lipinski definition) is 0. The van der Waals surface area contributed by atoms with Gasteiger partial charge in [-0.25, -0.2) is 16.8 Å². The van der Waals surface area contributed by atoms with Gasteiger partial charge in [0.25, 0.3) is 0 Å². The van der Waals surface area contributed by atoms with Gasteiger partial charge in [-0.3, -0.25) is 0 Å². The van der Waals surface area contributed by atoms with Gasteiger partial charge in [-0.15, -0.1) is 0 Å². The van der Waals surface area contributed by atoms with Crippen LogP contribution < -0.4 is 0 Å². The lowest BCUT2D eigenvalue weighted by Gasteiger charge is -2.09. The summed E-state index contributed by atoms with van der Waals surface area (Å²) in [4.78, 5) is -0.288. The molecule has 0 radical (unpaired) electrons. The molecule has 2 rings (SSSR count). The largest absolute Gasteiger partial charge is 0.218 e. The van der Waals surface area contributed by atoms with E-state index < -0.39 is 23.9 Å². The Morgan fingerprint density at radius 1 is 0.762 bits per heavy atom. The molecule has 0 aliphatic heterocycles. The van der Waals surface area contributed by atoms with Crippen LogP contribution in [0.1, 0.15) is 0 Å². The monoisotopic (exact) mass is 342 g/mol. The van der Waals surface area contributed by atoms with Crippen LogP contribution in [0.25, 0.3) is 0 Å². The second kappa shape index (κ2) is 5.63. The molecule has 2 aromatic rings. The zero-order valence-electron chi connectivity index (χ0n) is 10.7. The van der Waals surface area contributed by atoms with Crippen LogP contribution >= 0.6 is 11.6 Å². The van der Waals surface area contributed by atoms with E-state index in [-0.39, 0.29) is 9.79 Å². The summed E-state index contributed by atoms with van der Waals surface area (Å²) in [6, 6.07) is 12.5. The molecule has 0 heterocycles. The zero-order chi connectivity index (χ0) is 15.7. The van der Waals surface area contributed by atoms with Gasteiger partial charge in [-0.05, 0) is 36.4 Å². The van der Waals surface area contributed by atoms with Crippen molar-refractivity contribution >= 4 is 31.3 Å². The van der Waals surface area contributed by atoms with Gasteiger partial charge in [0.05, 0.1) is 9.79 Å². The van der Waals surface area contributed by atoms with Gasteiger partial charge in [-0.2, -0.15) is 0 Å². The van der Waals surface area contributed by atoms with E-state index in [4.69, 9.17) is 11.6 Å². The maximum Gasteiger partial charge on any atom is 0.217 e. The van der Waals surface area contributed by atoms with Gasteiger partial charge in [0.15, 0.2) is 4.24 Å². The third kappa shape index (κ3) is 3.02. The fourth-order valence-corrected chi connectivity index (χ4v) is 5.02. The van der Waals surface area contributed by atoms with Crippen LogP contribution in [0.4, 0.5) is 0 Å². The summed E-state index contributed by atoms with van der Waals surface area (Å²) in [6.07, 6.45) is 0. The van der Waals surface area contributed by atoms with Crippen LogP contribution in [0.3, 0.4) is 0 Å². The maximum atomic E-state index is 12.3. The van der Waals surface area contributed by atoms with Crippen molar-refractivity contribution in [2.75, 3.05) is 0 Å². The highest BCUT2D eigenvalue weighted by atomic mass is 35.5. The molecule has 0 atom stereocenters. The lowest BCUT2D eigenvalue weighted by atomic mass is 10.4. The minimum absolute atomic E-state index is 0.118. The molecular formula is C14H11ClO4S2. The molecule has 0 amide bonds. The minimum atomic E-state index is -4.20. The summed E-state index contributed by atoms with van der Waals surface area (Å²) >= 11 is 5.69. The predicted molar refractivity (Wildman–Crippen MR) is 81.4 cm³/mol. The lowest BCUT2D eigenvalue weighted by Crippen LogP contribution is -2.14. The Kier molecular flexibility index (Phi) is 4.22. The molecule has 0 saturated heterocycles. The van der Waals surface area contributed by atoms with Crippen LogP contribution in [-0.4, -0.2) is 16.8 Å². The van der Waals surface area contributed by atoms with E-state index in [2.05, 4.69) is 6.58 Å². The first-order chi connectivity index (χ1) is 9.76. The van der Waals surface area contributed by atoms with Gasteiger partial charge in [0.1, 0.15) is 0 Å². The molecule has 0 saturated carbocycles. The highest BCUT2D eigenvalue weighted by Crippen LogP contribution is 2.28. The van der Waals surface area contributed by atoms with Gasteiger partial charge >= 0.3 is 0 Å². The second-order valence-corrected chi connectivity index (χ2v) is 8.78. The number of rotatable bonds is 4. The van der Waals surface area contributed by atoms with Crippen LogP contribution in [0.2, 0.25) is 5.02 Å². The smallest absolute Gasteiger partial charge is 0.217 e. The van der Waals surface area contributed by atoms with Gasteiger partial charge in [0.2, 0.25) is 19.7 Å². The fourth-order valence-electron chi connectivity index (χ4n) is 1.62. The van der Waals surface area contributed by atoms with Gasteiger partial charge < -0.3 is 0 Å². The summed E-state index contributed by atoms with van der Waals surface area (Å²) in [5.41, 5.74) is 0. The Morgan fingerprint density at radius 2 is 1.19 bits per heavy atom. The SMILES string of the molecule is C=C(S(=O)(=O)c1ccccc1)S(=O)(=O)c1ccc(Cl)cc1. The Hall–Kier alpha value is -1.63. The Labute approximate surface area is 128 Å². The van der Waals surface area contributed by atoms with E-state index in [1.807, 2.05) is 0 Å². The molecule has 21 heavy (non-hydrogen) atoms. The number of halogens is 1. The van der Waals surface area contributed by atoms with E-state index in [1.165, 1.54) is 48.5 Å². The number of benzene rings is 2. The normalized spacial score (nSPS) is 12.0. The van der Waals surface area contributed by atoms with Crippen LogP contribution in [0.15, 0.2) is 75.2 Å². The molecule has 7 heteroatoms. The first kappa shape index (κ1) is 15.8. The summed E-state index contributed by atoms with van der Waals surface area (Å²) in [5, 5.41) is 0.352. The molecule has 0 aliphatic rings. The average molecular weight is 343 g/mol. The molecule has 0 aromatic heterocycles. The highest BCUT2D eigenvalue weighted by Gasteiger charge is 2.31. The summed E-state index contributed by atoms with van der Waals surface area (Å²) in [5.74, 6) is 0. The van der Waals surface area contributed by atoms with Crippen molar-refractivity contribution in [3.63, 3.8) is 0 Å². The van der Waals surface area contributed by atoms with Crippen molar-refractivity contribution < 1.29 is 16.8 Å². The molecule has 0 bridgehead atoms. The van der Waals surface area contributed by atoms with E-state index in [0.29, 0.717) is 5.02 Å². The van der Waals surface area contributed by atoms with Crippen molar-refractivity contribution in [1.82, 2.24) is 0 Å². The third-order valence-corrected chi connectivity index (χ3v) is 7.33. The lowest BCUT2D eigenvalue weighted by molar-refractivity contribution is 0.595. The van der Waals surface area contributed by atoms with Gasteiger partial charge in [-0.1, -0.05) is 36.4 Å². The van der Waals surface area contributed by atoms with Crippen molar-refractivity contribution in [3.8, 4) is 0 Å². The van der Waals surface area contributed by atoms with Crippen LogP contribution in [0.5, 0.6) is 0 Å². The molecule has 0 spiro atoms. The van der Waals surface area contributed by atoms with E-state index in [0.717, 1.165) is 0 Å². The Bertz CT molecular complexity index is 868. The molecule has 0 N–H and O–H groups in total. The summed E-state index contributed by atoms with van der Waals surface area (Å²) in [6.45, 7) is 3.26. The molecule has 4 nitrogen and oxygen atoms in total. The van der Waals surface area contributed by atoms with Crippen molar-refractivity contribution in [3.05, 3.63) is 70.4 Å². The van der Waals surface area contributed by atoms with Gasteiger partial charge in [0, 0.05) is 5.02 Å². The van der Waals surface area contributed by atoms with Crippen molar-refractivity contribution in [1.29, 1.82) is 0 Å². The third-order valence-electron chi connectivity index (χ3n) is 2.78. The minimum Gasteiger partial charge on any atom is -0.218 e. The highest BCUT2D eigenvalue weighted by molar-refractivity contribution is 8.14. The molecular weight excluding hydrogens is 332 g/mol. The Morgan fingerprint density at radius 3 is 1.67 bits per heavy atom. The second-order valence-electron chi connectivity index (χ2n) is 4.15. The van der Waals surface area contributed by atoms with E-state index >= 15 is 0 Å². The van der Waals surface area contributed by atoms with Crippen LogP contribution in [0, 0.1) is 0 Å². The first-order valence-electron chi connectivity index (χ1n) is 5.76. The quantitative estimate of drug-likeness (QED) is 0.856. The number of sulfone groups is 2. The fraction of sp³-hybridized carbons (Fsp3) is 0. The summed E-state index contributed by atoms with van der Waals surface area (Å²) < 4.78 is 48.5. The maximum absolute atomic E-state index is 12.3. The molecule has 0 fully saturated rings. The van der Waals surface area contributed by atoms with Crippen LogP contribution in [-0.2, 0) is 19.7 Å². The zero-order valence-corrected chi connectivity index (χ0v) is 13.1. The summed E-state index contributed by atoms with van der Waals surface area (Å²) in [7, 11) is -8.37. The molecule has 110 valence electrons. The average Bonchev–Trinajstić information content (AvgIpc) is 2.47. The first-order valence-corrected chi connectivity index (χ1v) is 9.10. The van der Waals surface area contributed by atoms with E-state index in [1.54, 1.807) is 6.07 Å². The standard InChI is InChI=1S/C14H11ClO4S2/c1-11(20(16,17)13-5-3-2-4-6-13)21(18,19)14-9-7-12(15)8-10-14/h2-10H,1H2. The predicted octanol–water partition coefficient (Wildman–Crippen LogP) is 3.06.